The maximum atomic E-state index is 14.3. The number of nitrogens with zero attached hydrogens (tertiary/aromatic N) is 5. The molecule has 202 valence electrons. The average molecular weight is 560 g/mol. The summed E-state index contributed by atoms with van der Waals surface area (Å²) in [6, 6.07) is 15.2. The lowest BCUT2D eigenvalue weighted by Gasteiger charge is -2.29. The van der Waals surface area contributed by atoms with Crippen LogP contribution in [0.5, 0.6) is 5.75 Å². The van der Waals surface area contributed by atoms with Gasteiger partial charge in [-0.3, -0.25) is 0 Å². The fourth-order valence-corrected chi connectivity index (χ4v) is 4.35. The van der Waals surface area contributed by atoms with Gasteiger partial charge in [-0.1, -0.05) is 47.9 Å². The van der Waals surface area contributed by atoms with Gasteiger partial charge in [0, 0.05) is 18.0 Å². The fraction of sp³-hybridized carbons (Fsp3) is 0.154. The summed E-state index contributed by atoms with van der Waals surface area (Å²) < 4.78 is 69.0. The number of alkyl halides is 3. The predicted molar refractivity (Wildman–Crippen MR) is 145 cm³/mol. The summed E-state index contributed by atoms with van der Waals surface area (Å²) in [5.41, 5.74) is 1.33. The first-order valence-corrected chi connectivity index (χ1v) is 12.4. The van der Waals surface area contributed by atoms with E-state index in [0.717, 1.165) is 24.3 Å². The molecule has 3 aromatic carbocycles. The van der Waals surface area contributed by atoms with Crippen LogP contribution in [0.3, 0.4) is 0 Å². The fourth-order valence-electron chi connectivity index (χ4n) is 3.46. The molecule has 0 saturated carbocycles. The minimum Gasteiger partial charge on any atom is -0.464 e. The van der Waals surface area contributed by atoms with Crippen LogP contribution >= 0.6 is 11.8 Å². The van der Waals surface area contributed by atoms with Crippen LogP contribution in [0, 0.1) is 11.6 Å². The summed E-state index contributed by atoms with van der Waals surface area (Å²) in [5, 5.41) is 21.5. The molecule has 0 atom stereocenters. The number of anilines is 2. The van der Waals surface area contributed by atoms with Crippen LogP contribution < -0.4 is 15.0 Å². The van der Waals surface area contributed by atoms with Crippen LogP contribution in [0.4, 0.5) is 33.3 Å². The van der Waals surface area contributed by atoms with E-state index >= 15 is 0 Å². The van der Waals surface area contributed by atoms with Gasteiger partial charge in [-0.25, -0.2) is 8.78 Å². The van der Waals surface area contributed by atoms with E-state index in [0.29, 0.717) is 28.5 Å². The molecule has 0 radical (unpaired) electrons. The van der Waals surface area contributed by atoms with Gasteiger partial charge in [-0.05, 0) is 60.3 Å². The molecule has 1 aliphatic rings. The maximum Gasteiger partial charge on any atom is 0.573 e. The van der Waals surface area contributed by atoms with Crippen LogP contribution in [0.25, 0.3) is 5.41 Å². The van der Waals surface area contributed by atoms with E-state index in [1.54, 1.807) is 24.3 Å². The second-order valence-corrected chi connectivity index (χ2v) is 9.03. The summed E-state index contributed by atoms with van der Waals surface area (Å²) in [6.07, 6.45) is -1.38. The van der Waals surface area contributed by atoms with Crippen molar-refractivity contribution in [1.82, 2.24) is 0 Å². The van der Waals surface area contributed by atoms with Crippen LogP contribution in [0.15, 0.2) is 81.9 Å². The number of benzene rings is 3. The molecular formula is C26H20F5N6OS-. The number of aliphatic imine (C=N–C) groups is 1. The van der Waals surface area contributed by atoms with Gasteiger partial charge in [0.15, 0.2) is 5.17 Å². The monoisotopic (exact) mass is 559 g/mol. The topological polar surface area (TPSA) is 83.9 Å². The average Bonchev–Trinajstić information content (AvgIpc) is 2.90. The van der Waals surface area contributed by atoms with Crippen LogP contribution in [0.2, 0.25) is 0 Å². The van der Waals surface area contributed by atoms with E-state index in [1.165, 1.54) is 59.5 Å². The predicted octanol–water partition coefficient (Wildman–Crippen LogP) is 6.65. The number of para-hydroxylation sites is 1. The lowest BCUT2D eigenvalue weighted by atomic mass is 10.1. The van der Waals surface area contributed by atoms with Crippen molar-refractivity contribution in [3.63, 3.8) is 0 Å². The molecule has 0 aromatic heterocycles. The maximum absolute atomic E-state index is 14.3. The van der Waals surface area contributed by atoms with Gasteiger partial charge in [0.05, 0.1) is 6.21 Å². The molecule has 4 rings (SSSR count). The smallest absolute Gasteiger partial charge is 0.464 e. The Kier molecular flexibility index (Phi) is 8.92. The zero-order chi connectivity index (χ0) is 27.8. The van der Waals surface area contributed by atoms with Gasteiger partial charge in [-0.2, -0.15) is 5.10 Å². The molecule has 1 heterocycles. The molecule has 13 heteroatoms. The van der Waals surface area contributed by atoms with Gasteiger partial charge in [0.25, 0.3) is 0 Å². The number of ether oxygens (including phenoxy) is 1. The second kappa shape index (κ2) is 12.5. The zero-order valence-corrected chi connectivity index (χ0v) is 20.9. The van der Waals surface area contributed by atoms with Gasteiger partial charge >= 0.3 is 6.36 Å². The highest BCUT2D eigenvalue weighted by Gasteiger charge is 2.31. The Bertz CT molecular complexity index is 1370. The van der Waals surface area contributed by atoms with E-state index in [4.69, 9.17) is 0 Å². The van der Waals surface area contributed by atoms with Crippen molar-refractivity contribution in [3.8, 4) is 5.75 Å². The molecule has 0 aliphatic carbocycles. The van der Waals surface area contributed by atoms with E-state index in [1.807, 2.05) is 0 Å². The van der Waals surface area contributed by atoms with Crippen molar-refractivity contribution in [2.24, 2.45) is 15.2 Å². The van der Waals surface area contributed by atoms with Crippen molar-refractivity contribution >= 4 is 46.7 Å². The molecule has 3 aromatic rings. The molecule has 1 saturated heterocycles. The molecule has 0 unspecified atom stereocenters. The summed E-state index contributed by atoms with van der Waals surface area (Å²) in [4.78, 5) is 5.35. The third-order valence-electron chi connectivity index (χ3n) is 5.22. The lowest BCUT2D eigenvalue weighted by molar-refractivity contribution is -0.274. The van der Waals surface area contributed by atoms with Crippen LogP contribution in [-0.2, 0) is 0 Å². The lowest BCUT2D eigenvalue weighted by Crippen LogP contribution is -2.35. The molecule has 0 amide bonds. The number of amidine groups is 2. The Morgan fingerprint density at radius 2 is 1.69 bits per heavy atom. The Morgan fingerprint density at radius 1 is 1.00 bits per heavy atom. The third-order valence-corrected chi connectivity index (χ3v) is 6.27. The summed E-state index contributed by atoms with van der Waals surface area (Å²) >= 11 is 1.35. The highest BCUT2D eigenvalue weighted by Crippen LogP contribution is 2.29. The molecule has 0 bridgehead atoms. The largest absolute Gasteiger partial charge is 0.573 e. The van der Waals surface area contributed by atoms with Gasteiger partial charge in [0.2, 0.25) is 0 Å². The number of thioether (sulfide) groups is 1. The molecule has 39 heavy (non-hydrogen) atoms. The normalized spacial score (nSPS) is 15.3. The second-order valence-electron chi connectivity index (χ2n) is 7.97. The van der Waals surface area contributed by atoms with Gasteiger partial charge < -0.3 is 25.4 Å². The minimum atomic E-state index is -4.77. The Labute approximate surface area is 224 Å². The van der Waals surface area contributed by atoms with E-state index in [2.05, 4.69) is 25.2 Å². The Morgan fingerprint density at radius 3 is 2.36 bits per heavy atom. The highest BCUT2D eigenvalue weighted by molar-refractivity contribution is 8.14. The van der Waals surface area contributed by atoms with Crippen molar-refractivity contribution < 1.29 is 26.7 Å². The first-order chi connectivity index (χ1) is 18.7. The van der Waals surface area contributed by atoms with E-state index in [9.17, 15) is 27.4 Å². The number of hydrogen-bond donors (Lipinski definition) is 1. The summed E-state index contributed by atoms with van der Waals surface area (Å²) in [6.45, 7) is 0.413. The molecular weight excluding hydrogens is 539 g/mol. The number of halogens is 5. The zero-order valence-electron chi connectivity index (χ0n) is 20.1. The van der Waals surface area contributed by atoms with Crippen molar-refractivity contribution in [3.05, 3.63) is 94.9 Å². The SMILES string of the molecule is [N-]=C(N=CNc1ccc(OC(F)(F)F)cc1)c1ccc(/C=N/N=C2\SCCCN2c2c(F)cccc2F)cc1. The van der Waals surface area contributed by atoms with Crippen LogP contribution in [0.1, 0.15) is 17.5 Å². The standard InChI is InChI=1S/C26H20F5N6OS/c27-21-3-1-4-22(28)23(21)37-13-2-14-39-25(37)36-35-15-17-5-7-18(8-6-17)24(32)34-16-33-19-9-11-20(12-10-19)38-26(29,30)31/h1,3-12,15-16H,2,13-14H2,(H-,32,33,34)/q-1/b35-15+,36-25-. The highest BCUT2D eigenvalue weighted by atomic mass is 32.2. The van der Waals surface area contributed by atoms with Crippen LogP contribution in [-0.4, -0.2) is 42.2 Å². The molecule has 7 nitrogen and oxygen atoms in total. The van der Waals surface area contributed by atoms with E-state index < -0.39 is 18.0 Å². The Balaban J connectivity index is 1.35. The Hall–Kier alpha value is -4.26. The van der Waals surface area contributed by atoms with Crippen molar-refractivity contribution in [2.75, 3.05) is 22.5 Å². The summed E-state index contributed by atoms with van der Waals surface area (Å²) in [7, 11) is 0. The van der Waals surface area contributed by atoms with Crippen molar-refractivity contribution in [2.45, 2.75) is 12.8 Å². The van der Waals surface area contributed by atoms with Gasteiger partial charge in [-0.15, -0.1) is 18.3 Å². The number of hydrogen-bond acceptors (Lipinski definition) is 4. The summed E-state index contributed by atoms with van der Waals surface area (Å²) in [5.74, 6) is -1.26. The van der Waals surface area contributed by atoms with Crippen molar-refractivity contribution in [1.29, 1.82) is 0 Å². The number of nitrogens with one attached hydrogen (secondary N) is 1. The molecule has 1 N–H and O–H groups in total. The molecule has 1 fully saturated rings. The first kappa shape index (κ1) is 27.8. The minimum absolute atomic E-state index is 0.156. The molecule has 0 spiro atoms. The quantitative estimate of drug-likeness (QED) is 0.152. The van der Waals surface area contributed by atoms with Gasteiger partial charge in [0.1, 0.15) is 23.1 Å². The number of rotatable bonds is 7. The van der Waals surface area contributed by atoms with E-state index in [-0.39, 0.29) is 17.3 Å². The first-order valence-electron chi connectivity index (χ1n) is 11.5. The third kappa shape index (κ3) is 7.87. The molecule has 1 aliphatic heterocycles.